The van der Waals surface area contributed by atoms with E-state index in [0.29, 0.717) is 11.3 Å². The second-order valence-electron chi connectivity index (χ2n) is 6.64. The lowest BCUT2D eigenvalue weighted by atomic mass is 10.1. The molecule has 16 heavy (non-hydrogen) atoms. The summed E-state index contributed by atoms with van der Waals surface area (Å²) in [6.45, 7) is 12.0. The first-order valence-corrected chi connectivity index (χ1v) is 6.07. The molecule has 0 spiro atoms. The van der Waals surface area contributed by atoms with Crippen molar-refractivity contribution in [2.75, 3.05) is 0 Å². The van der Waals surface area contributed by atoms with Crippen molar-refractivity contribution in [1.29, 1.82) is 0 Å². The lowest BCUT2D eigenvalue weighted by Crippen LogP contribution is -2.35. The average molecular weight is 221 g/mol. The van der Waals surface area contributed by atoms with Gasteiger partial charge in [-0.2, -0.15) is 0 Å². The van der Waals surface area contributed by atoms with E-state index in [-0.39, 0.29) is 5.54 Å². The van der Waals surface area contributed by atoms with Gasteiger partial charge in [-0.1, -0.05) is 13.8 Å². The third kappa shape index (κ3) is 2.64. The quantitative estimate of drug-likeness (QED) is 0.824. The summed E-state index contributed by atoms with van der Waals surface area (Å²) in [7, 11) is 0. The van der Waals surface area contributed by atoms with E-state index >= 15 is 0 Å². The Hall–Kier alpha value is -0.830. The van der Waals surface area contributed by atoms with E-state index in [4.69, 9.17) is 0 Å². The van der Waals surface area contributed by atoms with Gasteiger partial charge in [0, 0.05) is 29.9 Å². The van der Waals surface area contributed by atoms with E-state index < -0.39 is 0 Å². The van der Waals surface area contributed by atoms with Gasteiger partial charge in [0.25, 0.3) is 0 Å². The normalized spacial score (nSPS) is 23.4. The molecule has 2 N–H and O–H groups in total. The highest BCUT2D eigenvalue weighted by Crippen LogP contribution is 2.57. The first kappa shape index (κ1) is 11.6. The maximum Gasteiger partial charge on any atom is 0.109 e. The highest BCUT2D eigenvalue weighted by atomic mass is 15.0. The van der Waals surface area contributed by atoms with Crippen molar-refractivity contribution < 1.29 is 0 Å². The van der Waals surface area contributed by atoms with Gasteiger partial charge in [0.2, 0.25) is 0 Å². The Morgan fingerprint density at radius 1 is 1.50 bits per heavy atom. The summed E-state index contributed by atoms with van der Waals surface area (Å²) in [6, 6.07) is 0. The molecule has 1 fully saturated rings. The summed E-state index contributed by atoms with van der Waals surface area (Å²) in [5.74, 6) is 1.80. The predicted molar refractivity (Wildman–Crippen MR) is 66.3 cm³/mol. The number of rotatable bonds is 3. The van der Waals surface area contributed by atoms with Crippen molar-refractivity contribution >= 4 is 0 Å². The minimum Gasteiger partial charge on any atom is -0.345 e. The fourth-order valence-electron chi connectivity index (χ4n) is 1.94. The van der Waals surface area contributed by atoms with E-state index in [1.165, 1.54) is 12.1 Å². The zero-order valence-electron chi connectivity index (χ0n) is 11.0. The second kappa shape index (κ2) is 3.59. The first-order chi connectivity index (χ1) is 7.28. The molecule has 1 aliphatic carbocycles. The highest BCUT2D eigenvalue weighted by Gasteiger charge is 2.48. The standard InChI is InChI=1S/C13H23N3/c1-12(2,3)15-8-9-7-14-11(16-9)10-6-13(10,4)5/h7,10,15H,6,8H2,1-5H3,(H,14,16). The van der Waals surface area contributed by atoms with Crippen LogP contribution in [0.5, 0.6) is 0 Å². The fourth-order valence-corrected chi connectivity index (χ4v) is 1.94. The van der Waals surface area contributed by atoms with Gasteiger partial charge in [-0.25, -0.2) is 4.98 Å². The zero-order chi connectivity index (χ0) is 12.0. The zero-order valence-corrected chi connectivity index (χ0v) is 11.0. The van der Waals surface area contributed by atoms with Gasteiger partial charge in [-0.15, -0.1) is 0 Å². The summed E-state index contributed by atoms with van der Waals surface area (Å²) in [6.07, 6.45) is 3.22. The van der Waals surface area contributed by atoms with Crippen LogP contribution in [0.15, 0.2) is 6.20 Å². The average Bonchev–Trinajstić information content (AvgIpc) is 2.62. The summed E-state index contributed by atoms with van der Waals surface area (Å²) in [5.41, 5.74) is 1.80. The van der Waals surface area contributed by atoms with Crippen LogP contribution in [0, 0.1) is 5.41 Å². The Balaban J connectivity index is 1.94. The maximum absolute atomic E-state index is 4.48. The molecular weight excluding hydrogens is 198 g/mol. The Morgan fingerprint density at radius 2 is 2.12 bits per heavy atom. The summed E-state index contributed by atoms with van der Waals surface area (Å²) >= 11 is 0. The Labute approximate surface area is 98.1 Å². The molecule has 3 nitrogen and oxygen atoms in total. The summed E-state index contributed by atoms with van der Waals surface area (Å²) in [5, 5.41) is 3.46. The molecule has 1 aromatic heterocycles. The number of aromatic amines is 1. The fraction of sp³-hybridized carbons (Fsp3) is 0.769. The number of H-pyrrole nitrogens is 1. The third-order valence-corrected chi connectivity index (χ3v) is 3.30. The molecule has 1 atom stereocenters. The van der Waals surface area contributed by atoms with Crippen LogP contribution < -0.4 is 5.32 Å². The van der Waals surface area contributed by atoms with E-state index in [0.717, 1.165) is 12.4 Å². The lowest BCUT2D eigenvalue weighted by Gasteiger charge is -2.19. The first-order valence-electron chi connectivity index (χ1n) is 6.07. The molecule has 0 saturated heterocycles. The van der Waals surface area contributed by atoms with Crippen molar-refractivity contribution in [1.82, 2.24) is 15.3 Å². The molecule has 3 heteroatoms. The molecule has 2 rings (SSSR count). The van der Waals surface area contributed by atoms with Gasteiger partial charge in [0.15, 0.2) is 0 Å². The van der Waals surface area contributed by atoms with Crippen molar-refractivity contribution in [3.63, 3.8) is 0 Å². The molecule has 0 aliphatic heterocycles. The Morgan fingerprint density at radius 3 is 2.62 bits per heavy atom. The number of nitrogens with one attached hydrogen (secondary N) is 2. The van der Waals surface area contributed by atoms with Crippen LogP contribution in [0.3, 0.4) is 0 Å². The molecular formula is C13H23N3. The number of nitrogens with zero attached hydrogens (tertiary/aromatic N) is 1. The van der Waals surface area contributed by atoms with Crippen molar-refractivity contribution in [3.8, 4) is 0 Å². The van der Waals surface area contributed by atoms with Gasteiger partial charge in [0.1, 0.15) is 5.82 Å². The molecule has 1 unspecified atom stereocenters. The van der Waals surface area contributed by atoms with Gasteiger partial charge >= 0.3 is 0 Å². The minimum atomic E-state index is 0.157. The maximum atomic E-state index is 4.48. The van der Waals surface area contributed by atoms with Gasteiger partial charge in [-0.3, -0.25) is 0 Å². The Bertz CT molecular complexity index is 371. The van der Waals surface area contributed by atoms with Crippen LogP contribution in [-0.2, 0) is 6.54 Å². The van der Waals surface area contributed by atoms with Crippen LogP contribution in [0.2, 0.25) is 0 Å². The van der Waals surface area contributed by atoms with Crippen LogP contribution in [0.25, 0.3) is 0 Å². The second-order valence-corrected chi connectivity index (χ2v) is 6.64. The summed E-state index contributed by atoms with van der Waals surface area (Å²) < 4.78 is 0. The smallest absolute Gasteiger partial charge is 0.109 e. The molecule has 0 aromatic carbocycles. The molecule has 0 amide bonds. The van der Waals surface area contributed by atoms with E-state index in [9.17, 15) is 0 Å². The highest BCUT2D eigenvalue weighted by molar-refractivity contribution is 5.17. The third-order valence-electron chi connectivity index (χ3n) is 3.30. The monoisotopic (exact) mass is 221 g/mol. The predicted octanol–water partition coefficient (Wildman–Crippen LogP) is 2.81. The minimum absolute atomic E-state index is 0.157. The molecule has 1 aromatic rings. The molecule has 1 saturated carbocycles. The van der Waals surface area contributed by atoms with E-state index in [1.807, 2.05) is 6.20 Å². The molecule has 90 valence electrons. The van der Waals surface area contributed by atoms with Crippen molar-refractivity contribution in [2.45, 2.75) is 59.0 Å². The van der Waals surface area contributed by atoms with Crippen molar-refractivity contribution in [3.05, 3.63) is 17.7 Å². The topological polar surface area (TPSA) is 40.7 Å². The largest absolute Gasteiger partial charge is 0.345 e. The lowest BCUT2D eigenvalue weighted by molar-refractivity contribution is 0.421. The van der Waals surface area contributed by atoms with Gasteiger partial charge in [-0.05, 0) is 32.6 Å². The molecule has 0 radical (unpaired) electrons. The SMILES string of the molecule is CC(C)(C)NCc1cnc(C2CC2(C)C)[nH]1. The number of hydrogen-bond donors (Lipinski definition) is 2. The Kier molecular flexibility index (Phi) is 2.61. The van der Waals surface area contributed by atoms with Gasteiger partial charge in [0.05, 0.1) is 0 Å². The molecule has 1 heterocycles. The van der Waals surface area contributed by atoms with Crippen LogP contribution in [-0.4, -0.2) is 15.5 Å². The van der Waals surface area contributed by atoms with Crippen LogP contribution >= 0.6 is 0 Å². The molecule has 0 bridgehead atoms. The number of hydrogen-bond acceptors (Lipinski definition) is 2. The number of imidazole rings is 1. The van der Waals surface area contributed by atoms with Crippen molar-refractivity contribution in [2.24, 2.45) is 5.41 Å². The number of aromatic nitrogens is 2. The van der Waals surface area contributed by atoms with E-state index in [1.54, 1.807) is 0 Å². The molecule has 1 aliphatic rings. The summed E-state index contributed by atoms with van der Waals surface area (Å²) in [4.78, 5) is 7.91. The van der Waals surface area contributed by atoms with Gasteiger partial charge < -0.3 is 10.3 Å². The van der Waals surface area contributed by atoms with Crippen LogP contribution in [0.4, 0.5) is 0 Å². The van der Waals surface area contributed by atoms with E-state index in [2.05, 4.69) is 49.9 Å². The van der Waals surface area contributed by atoms with Crippen LogP contribution in [0.1, 0.15) is 58.5 Å².